The maximum Gasteiger partial charge on any atom is 0.137 e. The molecule has 18 heavy (non-hydrogen) atoms. The van der Waals surface area contributed by atoms with Gasteiger partial charge in [-0.15, -0.1) is 11.3 Å². The van der Waals surface area contributed by atoms with Gasteiger partial charge >= 0.3 is 0 Å². The largest absolute Gasteiger partial charge is 0.492 e. The predicted molar refractivity (Wildman–Crippen MR) is 70.9 cm³/mol. The molecule has 0 atom stereocenters. The molecule has 2 aromatic rings. The van der Waals surface area contributed by atoms with Crippen molar-refractivity contribution >= 4 is 17.2 Å². The Labute approximate surface area is 109 Å². The first kappa shape index (κ1) is 12.6. The van der Waals surface area contributed by atoms with Gasteiger partial charge in [-0.1, -0.05) is 12.1 Å². The van der Waals surface area contributed by atoms with Crippen LogP contribution in [0.25, 0.3) is 0 Å². The molecule has 94 valence electrons. The highest BCUT2D eigenvalue weighted by Gasteiger charge is 2.12. The molecule has 0 radical (unpaired) electrons. The van der Waals surface area contributed by atoms with Crippen LogP contribution in [0.3, 0.4) is 0 Å². The van der Waals surface area contributed by atoms with Crippen molar-refractivity contribution in [2.24, 2.45) is 5.73 Å². The van der Waals surface area contributed by atoms with Gasteiger partial charge in [0.2, 0.25) is 0 Å². The van der Waals surface area contributed by atoms with E-state index in [4.69, 9.17) is 15.9 Å². The molecule has 0 saturated carbocycles. The van der Waals surface area contributed by atoms with Crippen LogP contribution in [0.2, 0.25) is 0 Å². The number of hydrogen-bond donors (Lipinski definition) is 2. The zero-order valence-corrected chi connectivity index (χ0v) is 10.5. The molecule has 1 heterocycles. The lowest BCUT2D eigenvalue weighted by Crippen LogP contribution is -2.15. The summed E-state index contributed by atoms with van der Waals surface area (Å²) in [5, 5.41) is 9.35. The summed E-state index contributed by atoms with van der Waals surface area (Å²) in [6.45, 7) is 0.435. The molecule has 0 aliphatic heterocycles. The number of nitrogen functional groups attached to an aromatic ring is 1. The number of nitrogens with one attached hydrogen (secondary N) is 1. The van der Waals surface area contributed by atoms with Gasteiger partial charge in [-0.05, 0) is 23.6 Å². The van der Waals surface area contributed by atoms with Gasteiger partial charge in [0, 0.05) is 11.3 Å². The Morgan fingerprint density at radius 1 is 1.33 bits per heavy atom. The van der Waals surface area contributed by atoms with Crippen LogP contribution in [0, 0.1) is 11.2 Å². The van der Waals surface area contributed by atoms with E-state index in [2.05, 4.69) is 0 Å². The molecule has 1 aromatic carbocycles. The van der Waals surface area contributed by atoms with E-state index in [0.29, 0.717) is 12.4 Å². The Hall–Kier alpha value is -1.88. The van der Waals surface area contributed by atoms with Gasteiger partial charge in [0.15, 0.2) is 0 Å². The normalized spacial score (nSPS) is 10.3. The fraction of sp³-hybridized carbons (Fsp3) is 0.154. The summed E-state index contributed by atoms with van der Waals surface area (Å²) in [6, 6.07) is 8.42. The smallest absolute Gasteiger partial charge is 0.137 e. The molecule has 0 amide bonds. The number of nitrogens with two attached hydrogens (primary N) is 1. The summed E-state index contributed by atoms with van der Waals surface area (Å²) in [5.41, 5.74) is 5.38. The van der Waals surface area contributed by atoms with Crippen molar-refractivity contribution in [2.75, 3.05) is 6.61 Å². The zero-order chi connectivity index (χ0) is 13.0. The Balaban J connectivity index is 2.05. The van der Waals surface area contributed by atoms with E-state index >= 15 is 0 Å². The van der Waals surface area contributed by atoms with Crippen molar-refractivity contribution in [3.63, 3.8) is 0 Å². The Kier molecular flexibility index (Phi) is 3.94. The number of ether oxygens (including phenoxy) is 1. The third-order valence-electron chi connectivity index (χ3n) is 2.43. The summed E-state index contributed by atoms with van der Waals surface area (Å²) in [6.07, 6.45) is 0.755. The number of halogens is 1. The van der Waals surface area contributed by atoms with E-state index in [1.165, 1.54) is 10.9 Å². The number of hydrogen-bond acceptors (Lipinski definition) is 3. The Morgan fingerprint density at radius 2 is 2.17 bits per heavy atom. The van der Waals surface area contributed by atoms with Crippen LogP contribution in [0.1, 0.15) is 10.4 Å². The minimum absolute atomic E-state index is 0.0312. The van der Waals surface area contributed by atoms with Crippen LogP contribution in [0.15, 0.2) is 35.7 Å². The van der Waals surface area contributed by atoms with E-state index in [9.17, 15) is 4.39 Å². The Morgan fingerprint density at radius 3 is 2.83 bits per heavy atom. The van der Waals surface area contributed by atoms with Crippen molar-refractivity contribution in [1.29, 1.82) is 5.41 Å². The van der Waals surface area contributed by atoms with Crippen molar-refractivity contribution < 1.29 is 9.13 Å². The SMILES string of the molecule is N=C(N)c1c(F)cccc1OCCc1cccs1. The highest BCUT2D eigenvalue weighted by Crippen LogP contribution is 2.21. The van der Waals surface area contributed by atoms with Gasteiger partial charge in [-0.25, -0.2) is 4.39 Å². The maximum atomic E-state index is 13.5. The van der Waals surface area contributed by atoms with Crippen LogP contribution in [0.5, 0.6) is 5.75 Å². The quantitative estimate of drug-likeness (QED) is 0.644. The van der Waals surface area contributed by atoms with E-state index in [-0.39, 0.29) is 11.4 Å². The van der Waals surface area contributed by atoms with Gasteiger partial charge in [-0.3, -0.25) is 5.41 Å². The first-order valence-corrected chi connectivity index (χ1v) is 6.34. The maximum absolute atomic E-state index is 13.5. The molecular weight excluding hydrogens is 251 g/mol. The van der Waals surface area contributed by atoms with E-state index in [1.54, 1.807) is 23.5 Å². The zero-order valence-electron chi connectivity index (χ0n) is 9.65. The molecule has 0 unspecified atom stereocenters. The lowest BCUT2D eigenvalue weighted by molar-refractivity contribution is 0.320. The molecule has 3 N–H and O–H groups in total. The van der Waals surface area contributed by atoms with Gasteiger partial charge in [-0.2, -0.15) is 0 Å². The number of amidine groups is 1. The van der Waals surface area contributed by atoms with Gasteiger partial charge in [0.25, 0.3) is 0 Å². The molecule has 3 nitrogen and oxygen atoms in total. The molecule has 0 spiro atoms. The highest BCUT2D eigenvalue weighted by atomic mass is 32.1. The van der Waals surface area contributed by atoms with Gasteiger partial charge in [0.05, 0.1) is 12.2 Å². The average molecular weight is 264 g/mol. The van der Waals surface area contributed by atoms with Crippen LogP contribution in [0.4, 0.5) is 4.39 Å². The van der Waals surface area contributed by atoms with Crippen molar-refractivity contribution in [1.82, 2.24) is 0 Å². The predicted octanol–water partition coefficient (Wildman–Crippen LogP) is 2.79. The first-order valence-electron chi connectivity index (χ1n) is 5.46. The highest BCUT2D eigenvalue weighted by molar-refractivity contribution is 7.09. The third-order valence-corrected chi connectivity index (χ3v) is 3.37. The van der Waals surface area contributed by atoms with Crippen LogP contribution >= 0.6 is 11.3 Å². The van der Waals surface area contributed by atoms with E-state index in [0.717, 1.165) is 6.42 Å². The minimum atomic E-state index is -0.531. The van der Waals surface area contributed by atoms with Gasteiger partial charge < -0.3 is 10.5 Å². The Bertz CT molecular complexity index is 540. The first-order chi connectivity index (χ1) is 8.68. The van der Waals surface area contributed by atoms with Crippen LogP contribution in [-0.2, 0) is 6.42 Å². The summed E-state index contributed by atoms with van der Waals surface area (Å²) in [4.78, 5) is 1.20. The molecule has 0 bridgehead atoms. The fourth-order valence-corrected chi connectivity index (χ4v) is 2.29. The molecule has 2 rings (SSSR count). The van der Waals surface area contributed by atoms with Crippen LogP contribution in [-0.4, -0.2) is 12.4 Å². The molecule has 0 fully saturated rings. The topological polar surface area (TPSA) is 59.1 Å². The minimum Gasteiger partial charge on any atom is -0.492 e. The van der Waals surface area contributed by atoms with Crippen molar-refractivity contribution in [2.45, 2.75) is 6.42 Å². The van der Waals surface area contributed by atoms with E-state index in [1.807, 2.05) is 17.5 Å². The second-order valence-electron chi connectivity index (χ2n) is 3.70. The number of benzene rings is 1. The summed E-state index contributed by atoms with van der Waals surface area (Å²) >= 11 is 1.65. The standard InChI is InChI=1S/C13H13FN2OS/c14-10-4-1-5-11(12(10)13(15)16)17-7-6-9-3-2-8-18-9/h1-5,8H,6-7H2,(H3,15,16). The molecule has 5 heteroatoms. The third kappa shape index (κ3) is 2.87. The molecule has 0 saturated heterocycles. The number of rotatable bonds is 5. The van der Waals surface area contributed by atoms with E-state index < -0.39 is 5.82 Å². The lowest BCUT2D eigenvalue weighted by atomic mass is 10.1. The second kappa shape index (κ2) is 5.64. The summed E-state index contributed by atoms with van der Waals surface area (Å²) in [5.74, 6) is -0.533. The van der Waals surface area contributed by atoms with Crippen molar-refractivity contribution in [3.05, 3.63) is 52.0 Å². The lowest BCUT2D eigenvalue weighted by Gasteiger charge is -2.10. The summed E-state index contributed by atoms with van der Waals surface area (Å²) < 4.78 is 19.0. The second-order valence-corrected chi connectivity index (χ2v) is 4.74. The van der Waals surface area contributed by atoms with Crippen LogP contribution < -0.4 is 10.5 Å². The van der Waals surface area contributed by atoms with Crippen molar-refractivity contribution in [3.8, 4) is 5.75 Å². The molecule has 0 aliphatic carbocycles. The van der Waals surface area contributed by atoms with Gasteiger partial charge in [0.1, 0.15) is 17.4 Å². The molecule has 0 aliphatic rings. The number of thiophene rings is 1. The average Bonchev–Trinajstić information content (AvgIpc) is 2.81. The monoisotopic (exact) mass is 264 g/mol. The summed E-state index contributed by atoms with van der Waals surface area (Å²) in [7, 11) is 0. The molecule has 1 aromatic heterocycles. The molecular formula is C13H13FN2OS. The fourth-order valence-electron chi connectivity index (χ4n) is 1.60.